The molecule has 0 aliphatic carbocycles. The van der Waals surface area contributed by atoms with E-state index in [4.69, 9.17) is 4.74 Å². The van der Waals surface area contributed by atoms with Crippen molar-refractivity contribution in [2.75, 3.05) is 38.6 Å². The number of amides is 3. The van der Waals surface area contributed by atoms with E-state index >= 15 is 0 Å². The molecule has 0 bridgehead atoms. The van der Waals surface area contributed by atoms with Crippen LogP contribution in [0.15, 0.2) is 30.5 Å². The average Bonchev–Trinajstić information content (AvgIpc) is 2.63. The summed E-state index contributed by atoms with van der Waals surface area (Å²) in [5, 5.41) is 3.87. The summed E-state index contributed by atoms with van der Waals surface area (Å²) in [6.07, 6.45) is 1.39. The van der Waals surface area contributed by atoms with Gasteiger partial charge in [0.25, 0.3) is 0 Å². The Morgan fingerprint density at radius 3 is 2.54 bits per heavy atom. The lowest BCUT2D eigenvalue weighted by molar-refractivity contribution is 0.0993. The fourth-order valence-corrected chi connectivity index (χ4v) is 2.84. The standard InChI is InChI=1S/C17H20N4O3/c1-12-5-6-14(13-4-3-7-18-15(12)13)19-16(22)20-8-10-21(11-9-20)17(23)24-2/h3-7H,8-11H2,1-2H3,(H,19,22). The molecule has 0 spiro atoms. The first-order valence-electron chi connectivity index (χ1n) is 7.83. The second kappa shape index (κ2) is 6.74. The maximum Gasteiger partial charge on any atom is 0.409 e. The Bertz CT molecular complexity index is 770. The number of urea groups is 1. The number of hydrogen-bond acceptors (Lipinski definition) is 4. The Morgan fingerprint density at radius 1 is 1.12 bits per heavy atom. The summed E-state index contributed by atoms with van der Waals surface area (Å²) in [6, 6.07) is 7.46. The van der Waals surface area contributed by atoms with Gasteiger partial charge in [0.05, 0.1) is 18.3 Å². The zero-order valence-electron chi connectivity index (χ0n) is 13.8. The Hall–Kier alpha value is -2.83. The predicted molar refractivity (Wildman–Crippen MR) is 91.0 cm³/mol. The molecular weight excluding hydrogens is 308 g/mol. The van der Waals surface area contributed by atoms with Crippen LogP contribution < -0.4 is 5.32 Å². The number of methoxy groups -OCH3 is 1. The second-order valence-corrected chi connectivity index (χ2v) is 5.70. The third-order valence-electron chi connectivity index (χ3n) is 4.21. The summed E-state index contributed by atoms with van der Waals surface area (Å²) >= 11 is 0. The highest BCUT2D eigenvalue weighted by molar-refractivity contribution is 6.01. The molecule has 1 saturated heterocycles. The van der Waals surface area contributed by atoms with E-state index in [1.54, 1.807) is 16.0 Å². The number of anilines is 1. The lowest BCUT2D eigenvalue weighted by Gasteiger charge is -2.33. The molecule has 1 aromatic carbocycles. The van der Waals surface area contributed by atoms with Crippen molar-refractivity contribution in [1.82, 2.24) is 14.8 Å². The minimum Gasteiger partial charge on any atom is -0.453 e. The summed E-state index contributed by atoms with van der Waals surface area (Å²) in [7, 11) is 1.36. The molecule has 1 aromatic heterocycles. The molecule has 24 heavy (non-hydrogen) atoms. The van der Waals surface area contributed by atoms with Gasteiger partial charge in [-0.15, -0.1) is 0 Å². The minimum absolute atomic E-state index is 0.173. The van der Waals surface area contributed by atoms with Gasteiger partial charge in [0, 0.05) is 37.8 Å². The SMILES string of the molecule is COC(=O)N1CCN(C(=O)Nc2ccc(C)c3ncccc23)CC1. The number of pyridine rings is 1. The van der Waals surface area contributed by atoms with E-state index in [0.717, 1.165) is 22.2 Å². The van der Waals surface area contributed by atoms with E-state index < -0.39 is 0 Å². The quantitative estimate of drug-likeness (QED) is 0.872. The second-order valence-electron chi connectivity index (χ2n) is 5.70. The molecular formula is C17H20N4O3. The lowest BCUT2D eigenvalue weighted by Crippen LogP contribution is -2.51. The van der Waals surface area contributed by atoms with Gasteiger partial charge in [-0.2, -0.15) is 0 Å². The number of hydrogen-bond donors (Lipinski definition) is 1. The normalized spacial score (nSPS) is 14.6. The fraction of sp³-hybridized carbons (Fsp3) is 0.353. The van der Waals surface area contributed by atoms with Gasteiger partial charge in [-0.1, -0.05) is 6.07 Å². The fourth-order valence-electron chi connectivity index (χ4n) is 2.84. The summed E-state index contributed by atoms with van der Waals surface area (Å²) in [5.74, 6) is 0. The summed E-state index contributed by atoms with van der Waals surface area (Å²) in [6.45, 7) is 3.88. The van der Waals surface area contributed by atoms with Crippen molar-refractivity contribution in [3.8, 4) is 0 Å². The van der Waals surface area contributed by atoms with E-state index in [9.17, 15) is 9.59 Å². The Balaban J connectivity index is 1.70. The zero-order chi connectivity index (χ0) is 17.1. The van der Waals surface area contributed by atoms with Crippen LogP contribution in [-0.4, -0.2) is 60.2 Å². The maximum absolute atomic E-state index is 12.5. The summed E-state index contributed by atoms with van der Waals surface area (Å²) < 4.78 is 4.70. The Labute approximate surface area is 140 Å². The number of aromatic nitrogens is 1. The van der Waals surface area contributed by atoms with Crippen LogP contribution in [0.5, 0.6) is 0 Å². The van der Waals surface area contributed by atoms with E-state index in [-0.39, 0.29) is 12.1 Å². The molecule has 1 N–H and O–H groups in total. The number of rotatable bonds is 1. The van der Waals surface area contributed by atoms with Crippen LogP contribution >= 0.6 is 0 Å². The molecule has 3 rings (SSSR count). The number of piperazine rings is 1. The van der Waals surface area contributed by atoms with Crippen molar-refractivity contribution >= 4 is 28.7 Å². The molecule has 1 aliphatic heterocycles. The highest BCUT2D eigenvalue weighted by atomic mass is 16.5. The topological polar surface area (TPSA) is 74.8 Å². The van der Waals surface area contributed by atoms with E-state index in [1.807, 2.05) is 31.2 Å². The van der Waals surface area contributed by atoms with Crippen molar-refractivity contribution in [2.24, 2.45) is 0 Å². The number of aryl methyl sites for hydroxylation is 1. The van der Waals surface area contributed by atoms with Gasteiger partial charge in [0.1, 0.15) is 0 Å². The van der Waals surface area contributed by atoms with Crippen molar-refractivity contribution in [3.05, 3.63) is 36.0 Å². The number of nitrogens with one attached hydrogen (secondary N) is 1. The first-order chi connectivity index (χ1) is 11.6. The number of nitrogens with zero attached hydrogens (tertiary/aromatic N) is 3. The molecule has 0 saturated carbocycles. The zero-order valence-corrected chi connectivity index (χ0v) is 13.8. The average molecular weight is 328 g/mol. The minimum atomic E-state index is -0.356. The number of fused-ring (bicyclic) bond motifs is 1. The van der Waals surface area contributed by atoms with Gasteiger partial charge < -0.3 is 19.9 Å². The molecule has 3 amide bonds. The van der Waals surface area contributed by atoms with Gasteiger partial charge in [-0.25, -0.2) is 9.59 Å². The monoisotopic (exact) mass is 328 g/mol. The van der Waals surface area contributed by atoms with Crippen molar-refractivity contribution in [3.63, 3.8) is 0 Å². The number of benzene rings is 1. The third kappa shape index (κ3) is 3.10. The Morgan fingerprint density at radius 2 is 1.83 bits per heavy atom. The highest BCUT2D eigenvalue weighted by Gasteiger charge is 2.24. The van der Waals surface area contributed by atoms with E-state index in [2.05, 4.69) is 10.3 Å². The van der Waals surface area contributed by atoms with Gasteiger partial charge in [0.2, 0.25) is 0 Å². The molecule has 7 heteroatoms. The molecule has 7 nitrogen and oxygen atoms in total. The van der Waals surface area contributed by atoms with Crippen LogP contribution in [0.1, 0.15) is 5.56 Å². The van der Waals surface area contributed by atoms with Gasteiger partial charge >= 0.3 is 12.1 Å². The lowest BCUT2D eigenvalue weighted by atomic mass is 10.1. The van der Waals surface area contributed by atoms with E-state index in [0.29, 0.717) is 26.2 Å². The smallest absolute Gasteiger partial charge is 0.409 e. The van der Waals surface area contributed by atoms with Crippen LogP contribution in [0.25, 0.3) is 10.9 Å². The van der Waals surface area contributed by atoms with Crippen LogP contribution in [-0.2, 0) is 4.74 Å². The maximum atomic E-state index is 12.5. The van der Waals surface area contributed by atoms with Crippen LogP contribution in [0, 0.1) is 6.92 Å². The van der Waals surface area contributed by atoms with Crippen molar-refractivity contribution in [1.29, 1.82) is 0 Å². The predicted octanol–water partition coefficient (Wildman–Crippen LogP) is 2.46. The number of ether oxygens (including phenoxy) is 1. The molecule has 1 fully saturated rings. The Kier molecular flexibility index (Phi) is 4.50. The van der Waals surface area contributed by atoms with Gasteiger partial charge in [-0.3, -0.25) is 4.98 Å². The number of carbonyl (C=O) groups is 2. The van der Waals surface area contributed by atoms with Crippen LogP contribution in [0.2, 0.25) is 0 Å². The molecule has 2 aromatic rings. The van der Waals surface area contributed by atoms with E-state index in [1.165, 1.54) is 7.11 Å². The van der Waals surface area contributed by atoms with Gasteiger partial charge in [-0.05, 0) is 30.7 Å². The van der Waals surface area contributed by atoms with Crippen molar-refractivity contribution < 1.29 is 14.3 Å². The van der Waals surface area contributed by atoms with Crippen molar-refractivity contribution in [2.45, 2.75) is 6.92 Å². The molecule has 1 aliphatic rings. The van der Waals surface area contributed by atoms with Gasteiger partial charge in [0.15, 0.2) is 0 Å². The third-order valence-corrected chi connectivity index (χ3v) is 4.21. The summed E-state index contributed by atoms with van der Waals surface area (Å²) in [4.78, 5) is 31.7. The molecule has 0 unspecified atom stereocenters. The largest absolute Gasteiger partial charge is 0.453 e. The molecule has 0 atom stereocenters. The number of carbonyl (C=O) groups excluding carboxylic acids is 2. The highest BCUT2D eigenvalue weighted by Crippen LogP contribution is 2.24. The molecule has 126 valence electrons. The summed E-state index contributed by atoms with van der Waals surface area (Å²) in [5.41, 5.74) is 2.69. The molecule has 0 radical (unpaired) electrons. The van der Waals surface area contributed by atoms with Crippen LogP contribution in [0.3, 0.4) is 0 Å². The molecule has 2 heterocycles. The first kappa shape index (κ1) is 16.0. The van der Waals surface area contributed by atoms with Crippen LogP contribution in [0.4, 0.5) is 15.3 Å². The first-order valence-corrected chi connectivity index (χ1v) is 7.83.